The third-order valence-electron chi connectivity index (χ3n) is 4.71. The molecule has 0 spiro atoms. The number of hydrogen-bond donors (Lipinski definition) is 0. The van der Waals surface area contributed by atoms with Gasteiger partial charge in [-0.25, -0.2) is 0 Å². The molecule has 1 saturated heterocycles. The van der Waals surface area contributed by atoms with E-state index in [0.29, 0.717) is 11.0 Å². The highest BCUT2D eigenvalue weighted by Crippen LogP contribution is 2.13. The predicted molar refractivity (Wildman–Crippen MR) is 97.7 cm³/mol. The lowest BCUT2D eigenvalue weighted by Crippen LogP contribution is -2.42. The molecule has 6 heteroatoms. The average molecular weight is 341 g/mol. The summed E-state index contributed by atoms with van der Waals surface area (Å²) in [6.45, 7) is 5.72. The van der Waals surface area contributed by atoms with Crippen molar-refractivity contribution in [1.29, 1.82) is 0 Å². The molecule has 0 unspecified atom stereocenters. The molecule has 1 aromatic carbocycles. The van der Waals surface area contributed by atoms with Gasteiger partial charge in [0.25, 0.3) is 0 Å². The van der Waals surface area contributed by atoms with Gasteiger partial charge in [-0.05, 0) is 31.4 Å². The molecule has 2 heterocycles. The van der Waals surface area contributed by atoms with E-state index in [4.69, 9.17) is 0 Å². The molecular formula is C19H23N3O3. The number of carbonyl (C=O) groups excluding carboxylic acids is 1. The molecule has 0 radical (unpaired) electrons. The van der Waals surface area contributed by atoms with E-state index < -0.39 is 11.1 Å². The predicted octanol–water partition coefficient (Wildman–Crippen LogP) is 1.75. The summed E-state index contributed by atoms with van der Waals surface area (Å²) in [7, 11) is 0. The zero-order chi connectivity index (χ0) is 17.8. The Morgan fingerprint density at radius 3 is 2.24 bits per heavy atom. The molecular weight excluding hydrogens is 318 g/mol. The number of nitrogens with zero attached hydrogens (tertiary/aromatic N) is 3. The maximum Gasteiger partial charge on any atom is 0.317 e. The van der Waals surface area contributed by atoms with Crippen LogP contribution in [0.15, 0.2) is 46.5 Å². The Hall–Kier alpha value is -2.63. The third kappa shape index (κ3) is 3.43. The second-order valence-electron chi connectivity index (χ2n) is 6.34. The fourth-order valence-corrected chi connectivity index (χ4v) is 3.41. The molecule has 0 N–H and O–H groups in total. The number of rotatable bonds is 5. The molecule has 2 aromatic rings. The monoisotopic (exact) mass is 341 g/mol. The molecule has 0 bridgehead atoms. The van der Waals surface area contributed by atoms with Crippen LogP contribution in [-0.2, 0) is 17.9 Å². The van der Waals surface area contributed by atoms with Crippen LogP contribution in [0.3, 0.4) is 0 Å². The second kappa shape index (κ2) is 7.51. The maximum atomic E-state index is 12.5. The summed E-state index contributed by atoms with van der Waals surface area (Å²) in [5.41, 5.74) is 0.175. The van der Waals surface area contributed by atoms with Crippen LogP contribution in [0, 0.1) is 0 Å². The fourth-order valence-electron chi connectivity index (χ4n) is 3.41. The molecule has 0 aliphatic carbocycles. The van der Waals surface area contributed by atoms with Gasteiger partial charge in [0.15, 0.2) is 0 Å². The number of piperidine rings is 1. The van der Waals surface area contributed by atoms with Crippen molar-refractivity contribution in [2.24, 2.45) is 0 Å². The van der Waals surface area contributed by atoms with Crippen LogP contribution in [0.4, 0.5) is 0 Å². The number of benzene rings is 1. The zero-order valence-corrected chi connectivity index (χ0v) is 14.3. The maximum absolute atomic E-state index is 12.5. The molecule has 0 atom stereocenters. The summed E-state index contributed by atoms with van der Waals surface area (Å²) >= 11 is 0. The topological polar surface area (TPSA) is 64.3 Å². The molecule has 1 aliphatic heterocycles. The van der Waals surface area contributed by atoms with Gasteiger partial charge in [0, 0.05) is 32.6 Å². The Labute approximate surface area is 146 Å². The number of para-hydroxylation sites is 2. The van der Waals surface area contributed by atoms with Crippen LogP contribution < -0.4 is 11.1 Å². The lowest BCUT2D eigenvalue weighted by atomic mass is 10.1. The Balaban J connectivity index is 1.93. The van der Waals surface area contributed by atoms with Crippen molar-refractivity contribution in [3.05, 3.63) is 57.6 Å². The van der Waals surface area contributed by atoms with Crippen molar-refractivity contribution < 1.29 is 4.79 Å². The molecule has 1 aromatic heterocycles. The van der Waals surface area contributed by atoms with Crippen LogP contribution in [0.5, 0.6) is 0 Å². The summed E-state index contributed by atoms with van der Waals surface area (Å²) in [5, 5.41) is 0. The van der Waals surface area contributed by atoms with E-state index in [1.54, 1.807) is 12.1 Å². The molecule has 1 aliphatic rings. The van der Waals surface area contributed by atoms with Crippen molar-refractivity contribution in [2.45, 2.75) is 38.8 Å². The molecule has 1 fully saturated rings. The first-order valence-electron chi connectivity index (χ1n) is 8.74. The first-order chi connectivity index (χ1) is 12.1. The molecule has 132 valence electrons. The Kier molecular flexibility index (Phi) is 5.16. The van der Waals surface area contributed by atoms with Crippen LogP contribution in [-0.4, -0.2) is 33.0 Å². The van der Waals surface area contributed by atoms with Crippen molar-refractivity contribution in [3.8, 4) is 0 Å². The van der Waals surface area contributed by atoms with E-state index in [0.717, 1.165) is 32.4 Å². The minimum absolute atomic E-state index is 0.0472. The van der Waals surface area contributed by atoms with Gasteiger partial charge in [-0.3, -0.25) is 19.0 Å². The minimum atomic E-state index is -0.591. The summed E-state index contributed by atoms with van der Waals surface area (Å²) in [5.74, 6) is 0.0472. The number of aromatic nitrogens is 2. The number of aryl methyl sites for hydroxylation is 1. The lowest BCUT2D eigenvalue weighted by Gasteiger charge is -2.27. The van der Waals surface area contributed by atoms with Gasteiger partial charge in [-0.15, -0.1) is 6.58 Å². The summed E-state index contributed by atoms with van der Waals surface area (Å²) in [6.07, 6.45) is 5.06. The Morgan fingerprint density at radius 2 is 1.60 bits per heavy atom. The summed E-state index contributed by atoms with van der Waals surface area (Å²) < 4.78 is 2.85. The van der Waals surface area contributed by atoms with E-state index in [-0.39, 0.29) is 25.4 Å². The normalized spacial score (nSPS) is 14.6. The number of amides is 1. The van der Waals surface area contributed by atoms with Crippen LogP contribution in [0.1, 0.15) is 25.7 Å². The van der Waals surface area contributed by atoms with E-state index in [1.165, 1.54) is 9.13 Å². The highest BCUT2D eigenvalue weighted by atomic mass is 16.2. The number of fused-ring (bicyclic) bond motifs is 1. The van der Waals surface area contributed by atoms with E-state index in [1.807, 2.05) is 23.1 Å². The van der Waals surface area contributed by atoms with Crippen molar-refractivity contribution in [1.82, 2.24) is 14.0 Å². The summed E-state index contributed by atoms with van der Waals surface area (Å²) in [4.78, 5) is 39.2. The Bertz CT molecular complexity index is 904. The third-order valence-corrected chi connectivity index (χ3v) is 4.71. The van der Waals surface area contributed by atoms with Gasteiger partial charge in [0.2, 0.25) is 5.91 Å². The van der Waals surface area contributed by atoms with Crippen molar-refractivity contribution in [3.63, 3.8) is 0 Å². The highest BCUT2D eigenvalue weighted by Gasteiger charge is 2.18. The van der Waals surface area contributed by atoms with E-state index in [9.17, 15) is 14.4 Å². The number of carbonyl (C=O) groups is 1. The zero-order valence-electron chi connectivity index (χ0n) is 14.3. The van der Waals surface area contributed by atoms with Gasteiger partial charge in [-0.1, -0.05) is 18.2 Å². The van der Waals surface area contributed by atoms with Gasteiger partial charge in [-0.2, -0.15) is 0 Å². The molecule has 25 heavy (non-hydrogen) atoms. The van der Waals surface area contributed by atoms with Crippen LogP contribution in [0.25, 0.3) is 11.0 Å². The fraction of sp³-hybridized carbons (Fsp3) is 0.421. The van der Waals surface area contributed by atoms with Gasteiger partial charge >= 0.3 is 11.1 Å². The smallest absolute Gasteiger partial charge is 0.317 e. The summed E-state index contributed by atoms with van der Waals surface area (Å²) in [6, 6.07) is 7.27. The minimum Gasteiger partial charge on any atom is -0.343 e. The van der Waals surface area contributed by atoms with E-state index >= 15 is 0 Å². The van der Waals surface area contributed by atoms with Gasteiger partial charge < -0.3 is 9.47 Å². The quantitative estimate of drug-likeness (QED) is 0.615. The highest BCUT2D eigenvalue weighted by molar-refractivity contribution is 5.77. The number of likely N-dealkylation sites (tertiary alicyclic amines) is 1. The molecule has 6 nitrogen and oxygen atoms in total. The van der Waals surface area contributed by atoms with Crippen LogP contribution >= 0.6 is 0 Å². The van der Waals surface area contributed by atoms with Crippen LogP contribution in [0.2, 0.25) is 0 Å². The Morgan fingerprint density at radius 1 is 1.00 bits per heavy atom. The van der Waals surface area contributed by atoms with Gasteiger partial charge in [0.05, 0.1) is 11.0 Å². The SMILES string of the molecule is C=CCn1c(=O)c(=O)n(CCC(=O)N2CCCCC2)c2ccccc21. The van der Waals surface area contributed by atoms with Crippen molar-refractivity contribution in [2.75, 3.05) is 13.1 Å². The number of hydrogen-bond acceptors (Lipinski definition) is 3. The van der Waals surface area contributed by atoms with Crippen molar-refractivity contribution >= 4 is 16.9 Å². The molecule has 1 amide bonds. The second-order valence-corrected chi connectivity index (χ2v) is 6.34. The van der Waals surface area contributed by atoms with Gasteiger partial charge in [0.1, 0.15) is 0 Å². The first kappa shape index (κ1) is 17.2. The largest absolute Gasteiger partial charge is 0.343 e. The van der Waals surface area contributed by atoms with E-state index in [2.05, 4.69) is 6.58 Å². The number of allylic oxidation sites excluding steroid dienone is 1. The average Bonchev–Trinajstić information content (AvgIpc) is 2.65. The first-order valence-corrected chi connectivity index (χ1v) is 8.74. The molecule has 3 rings (SSSR count). The standard InChI is InChI=1S/C19H23N3O3/c1-2-11-21-15-8-4-5-9-16(15)22(19(25)18(21)24)14-10-17(23)20-12-6-3-7-13-20/h2,4-5,8-9H,1,3,6-7,10-14H2. The lowest BCUT2D eigenvalue weighted by molar-refractivity contribution is -0.132. The molecule has 0 saturated carbocycles.